The number of nitrogens with one attached hydrogen (secondary N) is 1. The van der Waals surface area contributed by atoms with Gasteiger partial charge in [0.05, 0.1) is 10.3 Å². The predicted octanol–water partition coefficient (Wildman–Crippen LogP) is 5.53. The lowest BCUT2D eigenvalue weighted by Crippen LogP contribution is -2.22. The van der Waals surface area contributed by atoms with Crippen LogP contribution in [-0.2, 0) is 4.79 Å². The molecule has 1 atom stereocenters. The third-order valence-corrected chi connectivity index (χ3v) is 5.23. The van der Waals surface area contributed by atoms with Gasteiger partial charge in [-0.1, -0.05) is 29.3 Å². The molecular formula is C16H15BrClNOS. The van der Waals surface area contributed by atoms with Crippen LogP contribution in [0.2, 0.25) is 5.02 Å². The Labute approximate surface area is 142 Å². The Bertz CT molecular complexity index is 645. The zero-order valence-electron chi connectivity index (χ0n) is 11.7. The lowest BCUT2D eigenvalue weighted by Gasteiger charge is -2.12. The Morgan fingerprint density at radius 3 is 2.52 bits per heavy atom. The molecule has 1 unspecified atom stereocenters. The van der Waals surface area contributed by atoms with E-state index in [9.17, 15) is 4.79 Å². The highest BCUT2D eigenvalue weighted by atomic mass is 79.9. The van der Waals surface area contributed by atoms with E-state index in [1.807, 2.05) is 50.2 Å². The van der Waals surface area contributed by atoms with Gasteiger partial charge in [0.1, 0.15) is 0 Å². The van der Waals surface area contributed by atoms with Crippen LogP contribution in [0.5, 0.6) is 0 Å². The van der Waals surface area contributed by atoms with Crippen LogP contribution < -0.4 is 5.32 Å². The lowest BCUT2D eigenvalue weighted by atomic mass is 10.2. The van der Waals surface area contributed by atoms with Crippen molar-refractivity contribution in [2.75, 3.05) is 5.32 Å². The second-order valence-corrected chi connectivity index (χ2v) is 7.37. The first-order valence-electron chi connectivity index (χ1n) is 6.45. The molecule has 0 aromatic heterocycles. The van der Waals surface area contributed by atoms with Crippen molar-refractivity contribution in [1.29, 1.82) is 0 Å². The monoisotopic (exact) mass is 383 g/mol. The molecular weight excluding hydrogens is 370 g/mol. The minimum atomic E-state index is -0.185. The van der Waals surface area contributed by atoms with Gasteiger partial charge in [0.25, 0.3) is 0 Å². The van der Waals surface area contributed by atoms with Gasteiger partial charge in [-0.3, -0.25) is 4.79 Å². The summed E-state index contributed by atoms with van der Waals surface area (Å²) in [6, 6.07) is 13.5. The standard InChI is InChI=1S/C16H15BrClNOS/c1-10-3-6-13(7-4-10)21-11(2)16(20)19-12-5-8-14(17)15(18)9-12/h3-9,11H,1-2H3,(H,19,20). The van der Waals surface area contributed by atoms with Crippen LogP contribution in [0.3, 0.4) is 0 Å². The fraction of sp³-hybridized carbons (Fsp3) is 0.188. The molecule has 0 saturated heterocycles. The van der Waals surface area contributed by atoms with Crippen molar-refractivity contribution in [3.05, 3.63) is 57.5 Å². The SMILES string of the molecule is Cc1ccc(SC(C)C(=O)Nc2ccc(Br)c(Cl)c2)cc1. The fourth-order valence-corrected chi connectivity index (χ4v) is 2.99. The molecule has 0 heterocycles. The lowest BCUT2D eigenvalue weighted by molar-refractivity contribution is -0.115. The molecule has 0 aliphatic heterocycles. The van der Waals surface area contributed by atoms with E-state index in [1.165, 1.54) is 17.3 Å². The summed E-state index contributed by atoms with van der Waals surface area (Å²) >= 11 is 10.9. The average Bonchev–Trinajstić information content (AvgIpc) is 2.45. The maximum absolute atomic E-state index is 12.2. The van der Waals surface area contributed by atoms with Crippen LogP contribution in [0.1, 0.15) is 12.5 Å². The molecule has 2 rings (SSSR count). The van der Waals surface area contributed by atoms with Gasteiger partial charge in [-0.25, -0.2) is 0 Å². The average molecular weight is 385 g/mol. The molecule has 0 spiro atoms. The van der Waals surface area contributed by atoms with Crippen LogP contribution in [0.4, 0.5) is 5.69 Å². The zero-order chi connectivity index (χ0) is 15.4. The normalized spacial score (nSPS) is 12.0. The Morgan fingerprint density at radius 1 is 1.24 bits per heavy atom. The molecule has 5 heteroatoms. The van der Waals surface area contributed by atoms with E-state index in [2.05, 4.69) is 21.2 Å². The molecule has 0 aliphatic carbocycles. The van der Waals surface area contributed by atoms with Crippen molar-refractivity contribution in [1.82, 2.24) is 0 Å². The van der Waals surface area contributed by atoms with E-state index in [0.717, 1.165) is 9.37 Å². The van der Waals surface area contributed by atoms with Crippen molar-refractivity contribution in [2.45, 2.75) is 24.0 Å². The van der Waals surface area contributed by atoms with E-state index in [-0.39, 0.29) is 11.2 Å². The van der Waals surface area contributed by atoms with E-state index < -0.39 is 0 Å². The number of anilines is 1. The van der Waals surface area contributed by atoms with Crippen molar-refractivity contribution >= 4 is 50.9 Å². The molecule has 1 amide bonds. The first-order chi connectivity index (χ1) is 9.95. The number of thioether (sulfide) groups is 1. The summed E-state index contributed by atoms with van der Waals surface area (Å²) in [4.78, 5) is 13.3. The highest BCUT2D eigenvalue weighted by molar-refractivity contribution is 9.10. The Kier molecular flexibility index (Phi) is 5.73. The maximum atomic E-state index is 12.2. The van der Waals surface area contributed by atoms with Crippen molar-refractivity contribution in [3.8, 4) is 0 Å². The Balaban J connectivity index is 1.98. The van der Waals surface area contributed by atoms with Crippen LogP contribution >= 0.6 is 39.3 Å². The first-order valence-corrected chi connectivity index (χ1v) is 8.50. The summed E-state index contributed by atoms with van der Waals surface area (Å²) in [6.45, 7) is 3.93. The quantitative estimate of drug-likeness (QED) is 0.702. The number of hydrogen-bond donors (Lipinski definition) is 1. The van der Waals surface area contributed by atoms with Crippen molar-refractivity contribution < 1.29 is 4.79 Å². The van der Waals surface area contributed by atoms with Gasteiger partial charge in [-0.15, -0.1) is 11.8 Å². The zero-order valence-corrected chi connectivity index (χ0v) is 14.8. The van der Waals surface area contributed by atoms with Gasteiger partial charge in [-0.05, 0) is 60.1 Å². The van der Waals surface area contributed by atoms with Gasteiger partial charge < -0.3 is 5.32 Å². The summed E-state index contributed by atoms with van der Waals surface area (Å²) < 4.78 is 0.809. The maximum Gasteiger partial charge on any atom is 0.237 e. The van der Waals surface area contributed by atoms with Gasteiger partial charge in [-0.2, -0.15) is 0 Å². The number of carbonyl (C=O) groups excluding carboxylic acids is 1. The van der Waals surface area contributed by atoms with Gasteiger partial charge in [0.15, 0.2) is 0 Å². The summed E-state index contributed by atoms with van der Waals surface area (Å²) in [5.41, 5.74) is 1.91. The number of aryl methyl sites for hydroxylation is 1. The molecule has 0 saturated carbocycles. The second-order valence-electron chi connectivity index (χ2n) is 4.69. The highest BCUT2D eigenvalue weighted by Gasteiger charge is 2.14. The minimum absolute atomic E-state index is 0.0426. The smallest absolute Gasteiger partial charge is 0.237 e. The third-order valence-electron chi connectivity index (χ3n) is 2.89. The van der Waals surface area contributed by atoms with Gasteiger partial charge in [0.2, 0.25) is 5.91 Å². The highest BCUT2D eigenvalue weighted by Crippen LogP contribution is 2.27. The van der Waals surface area contributed by atoms with Crippen LogP contribution in [-0.4, -0.2) is 11.2 Å². The number of amides is 1. The van der Waals surface area contributed by atoms with E-state index in [1.54, 1.807) is 6.07 Å². The van der Waals surface area contributed by atoms with Crippen LogP contribution in [0.15, 0.2) is 51.8 Å². The summed E-state index contributed by atoms with van der Waals surface area (Å²) in [7, 11) is 0. The molecule has 0 fully saturated rings. The fourth-order valence-electron chi connectivity index (χ4n) is 1.69. The van der Waals surface area contributed by atoms with E-state index in [4.69, 9.17) is 11.6 Å². The third kappa shape index (κ3) is 4.77. The van der Waals surface area contributed by atoms with Crippen LogP contribution in [0, 0.1) is 6.92 Å². The predicted molar refractivity (Wildman–Crippen MR) is 94.3 cm³/mol. The molecule has 2 nitrogen and oxygen atoms in total. The molecule has 0 radical (unpaired) electrons. The number of rotatable bonds is 4. The molecule has 2 aromatic rings. The van der Waals surface area contributed by atoms with Crippen LogP contribution in [0.25, 0.3) is 0 Å². The second kappa shape index (κ2) is 7.34. The summed E-state index contributed by atoms with van der Waals surface area (Å²) in [5.74, 6) is -0.0426. The molecule has 21 heavy (non-hydrogen) atoms. The largest absolute Gasteiger partial charge is 0.325 e. The minimum Gasteiger partial charge on any atom is -0.325 e. The van der Waals surface area contributed by atoms with Crippen molar-refractivity contribution in [2.24, 2.45) is 0 Å². The van der Waals surface area contributed by atoms with Gasteiger partial charge in [0, 0.05) is 15.1 Å². The molecule has 0 bridgehead atoms. The van der Waals surface area contributed by atoms with E-state index in [0.29, 0.717) is 10.7 Å². The van der Waals surface area contributed by atoms with Gasteiger partial charge >= 0.3 is 0 Å². The first kappa shape index (κ1) is 16.4. The molecule has 1 N–H and O–H groups in total. The number of carbonyl (C=O) groups is 1. The number of halogens is 2. The summed E-state index contributed by atoms with van der Waals surface area (Å²) in [6.07, 6.45) is 0. The Hall–Kier alpha value is -0.970. The summed E-state index contributed by atoms with van der Waals surface area (Å²) in [5, 5.41) is 3.27. The molecule has 110 valence electrons. The number of hydrogen-bond acceptors (Lipinski definition) is 2. The molecule has 0 aliphatic rings. The van der Waals surface area contributed by atoms with E-state index >= 15 is 0 Å². The Morgan fingerprint density at radius 2 is 1.90 bits per heavy atom. The topological polar surface area (TPSA) is 29.1 Å². The molecule has 2 aromatic carbocycles. The number of benzene rings is 2. The van der Waals surface area contributed by atoms with Crippen molar-refractivity contribution in [3.63, 3.8) is 0 Å².